The summed E-state index contributed by atoms with van der Waals surface area (Å²) in [5.41, 5.74) is 8.48. The second-order valence-electron chi connectivity index (χ2n) is 5.17. The lowest BCUT2D eigenvalue weighted by Gasteiger charge is -2.13. The summed E-state index contributed by atoms with van der Waals surface area (Å²) in [7, 11) is -0.993. The zero-order chi connectivity index (χ0) is 15.5. The average Bonchev–Trinajstić information content (AvgIpc) is 2.89. The number of fused-ring (bicyclic) bond motifs is 1. The maximum atomic E-state index is 10.1. The Morgan fingerprint density at radius 2 is 2.00 bits per heavy atom. The number of benzene rings is 2. The quantitative estimate of drug-likeness (QED) is 0.797. The molecule has 0 saturated carbocycles. The molecule has 3 N–H and O–H groups in total. The van der Waals surface area contributed by atoms with Gasteiger partial charge in [-0.1, -0.05) is 46.3 Å². The van der Waals surface area contributed by atoms with Crippen molar-refractivity contribution in [1.29, 1.82) is 0 Å². The Morgan fingerprint density at radius 1 is 1.23 bits per heavy atom. The number of rotatable bonds is 5. The van der Waals surface area contributed by atoms with E-state index < -0.39 is 7.12 Å². The van der Waals surface area contributed by atoms with Crippen LogP contribution in [0.2, 0.25) is 0 Å². The van der Waals surface area contributed by atoms with Crippen LogP contribution in [0.5, 0.6) is 5.75 Å². The molecule has 6 heteroatoms. The highest BCUT2D eigenvalue weighted by Crippen LogP contribution is 2.33. The highest BCUT2D eigenvalue weighted by atomic mass is 79.9. The van der Waals surface area contributed by atoms with Gasteiger partial charge in [0.2, 0.25) is 0 Å². The number of ether oxygens (including phenoxy) is 1. The van der Waals surface area contributed by atoms with E-state index in [0.29, 0.717) is 24.4 Å². The summed E-state index contributed by atoms with van der Waals surface area (Å²) in [5.74, 6) is 0.651. The van der Waals surface area contributed by atoms with Gasteiger partial charge in [-0.15, -0.1) is 0 Å². The first-order chi connectivity index (χ1) is 10.7. The van der Waals surface area contributed by atoms with Gasteiger partial charge in [0.25, 0.3) is 0 Å². The van der Waals surface area contributed by atoms with Crippen LogP contribution in [0.25, 0.3) is 0 Å². The maximum Gasteiger partial charge on any atom is 0.495 e. The van der Waals surface area contributed by atoms with Crippen molar-refractivity contribution in [3.8, 4) is 5.75 Å². The molecule has 2 aromatic rings. The third-order valence-electron chi connectivity index (χ3n) is 3.76. The second kappa shape index (κ2) is 6.83. The van der Waals surface area contributed by atoms with E-state index in [1.807, 2.05) is 30.3 Å². The van der Waals surface area contributed by atoms with Crippen LogP contribution in [-0.2, 0) is 11.1 Å². The average molecular weight is 362 g/mol. The molecule has 114 valence electrons. The molecule has 3 rings (SSSR count). The van der Waals surface area contributed by atoms with Gasteiger partial charge in [-0.25, -0.2) is 0 Å². The summed E-state index contributed by atoms with van der Waals surface area (Å²) < 4.78 is 12.2. The molecule has 0 saturated heterocycles. The van der Waals surface area contributed by atoms with Crippen molar-refractivity contribution in [3.05, 3.63) is 58.1 Å². The zero-order valence-corrected chi connectivity index (χ0v) is 13.6. The van der Waals surface area contributed by atoms with Crippen molar-refractivity contribution >= 4 is 28.5 Å². The van der Waals surface area contributed by atoms with Crippen LogP contribution in [0.4, 0.5) is 0 Å². The first-order valence-corrected chi connectivity index (χ1v) is 8.02. The summed E-state index contributed by atoms with van der Waals surface area (Å²) in [5, 5.41) is 10.1. The van der Waals surface area contributed by atoms with Crippen LogP contribution in [0.1, 0.15) is 17.2 Å². The molecule has 0 fully saturated rings. The fourth-order valence-corrected chi connectivity index (χ4v) is 3.29. The Hall–Kier alpha value is -1.34. The minimum Gasteiger partial charge on any atom is -0.494 e. The van der Waals surface area contributed by atoms with E-state index in [1.54, 1.807) is 0 Å². The lowest BCUT2D eigenvalue weighted by Crippen LogP contribution is -2.30. The zero-order valence-electron chi connectivity index (χ0n) is 12.0. The first kappa shape index (κ1) is 15.6. The maximum absolute atomic E-state index is 10.1. The molecule has 1 atom stereocenters. The SMILES string of the molecule is NCC1OB(O)c2c(OCCc3ccccc3)ccc(Br)c21. The smallest absolute Gasteiger partial charge is 0.494 e. The van der Waals surface area contributed by atoms with Crippen molar-refractivity contribution in [2.45, 2.75) is 12.5 Å². The van der Waals surface area contributed by atoms with E-state index >= 15 is 0 Å². The molecule has 1 unspecified atom stereocenters. The van der Waals surface area contributed by atoms with Crippen LogP contribution >= 0.6 is 15.9 Å². The fraction of sp³-hybridized carbons (Fsp3) is 0.250. The lowest BCUT2D eigenvalue weighted by molar-refractivity contribution is 0.197. The summed E-state index contributed by atoms with van der Waals surface area (Å²) in [4.78, 5) is 0. The van der Waals surface area contributed by atoms with E-state index in [1.165, 1.54) is 5.56 Å². The lowest BCUT2D eigenvalue weighted by atomic mass is 9.78. The van der Waals surface area contributed by atoms with Crippen molar-refractivity contribution in [3.63, 3.8) is 0 Å². The van der Waals surface area contributed by atoms with Gasteiger partial charge >= 0.3 is 7.12 Å². The highest BCUT2D eigenvalue weighted by molar-refractivity contribution is 9.10. The standard InChI is InChI=1S/C16H17BBrNO3/c18-12-6-7-13(16-15(12)14(10-19)22-17(16)20)21-9-8-11-4-2-1-3-5-11/h1-7,14,20H,8-10,19H2. The monoisotopic (exact) mass is 361 g/mol. The second-order valence-corrected chi connectivity index (χ2v) is 6.02. The Morgan fingerprint density at radius 3 is 2.73 bits per heavy atom. The van der Waals surface area contributed by atoms with Crippen LogP contribution in [-0.4, -0.2) is 25.3 Å². The molecule has 0 amide bonds. The topological polar surface area (TPSA) is 64.7 Å². The summed E-state index contributed by atoms with van der Waals surface area (Å²) in [6, 6.07) is 13.9. The van der Waals surface area contributed by atoms with Crippen LogP contribution < -0.4 is 15.9 Å². The van der Waals surface area contributed by atoms with E-state index in [9.17, 15) is 5.02 Å². The third kappa shape index (κ3) is 3.05. The van der Waals surface area contributed by atoms with Gasteiger partial charge < -0.3 is 20.1 Å². The Kier molecular flexibility index (Phi) is 4.83. The van der Waals surface area contributed by atoms with Crippen molar-refractivity contribution in [1.82, 2.24) is 0 Å². The van der Waals surface area contributed by atoms with E-state index in [-0.39, 0.29) is 6.10 Å². The van der Waals surface area contributed by atoms with E-state index in [2.05, 4.69) is 28.1 Å². The van der Waals surface area contributed by atoms with Gasteiger partial charge in [-0.3, -0.25) is 0 Å². The minimum atomic E-state index is -0.993. The molecule has 1 aliphatic rings. The highest BCUT2D eigenvalue weighted by Gasteiger charge is 2.38. The Balaban J connectivity index is 1.76. The summed E-state index contributed by atoms with van der Waals surface area (Å²) >= 11 is 3.49. The normalized spacial score (nSPS) is 16.7. The summed E-state index contributed by atoms with van der Waals surface area (Å²) in [6.45, 7) is 0.855. The van der Waals surface area contributed by atoms with E-state index in [0.717, 1.165) is 16.5 Å². The first-order valence-electron chi connectivity index (χ1n) is 7.23. The van der Waals surface area contributed by atoms with Crippen molar-refractivity contribution < 1.29 is 14.4 Å². The van der Waals surface area contributed by atoms with Crippen LogP contribution in [0.15, 0.2) is 46.9 Å². The van der Waals surface area contributed by atoms with Gasteiger partial charge in [-0.2, -0.15) is 0 Å². The number of nitrogens with two attached hydrogens (primary N) is 1. The number of hydrogen-bond donors (Lipinski definition) is 2. The molecule has 4 nitrogen and oxygen atoms in total. The van der Waals surface area contributed by atoms with Crippen molar-refractivity contribution in [2.75, 3.05) is 13.2 Å². The van der Waals surface area contributed by atoms with Gasteiger partial charge in [0.1, 0.15) is 5.75 Å². The minimum absolute atomic E-state index is 0.308. The van der Waals surface area contributed by atoms with Gasteiger partial charge in [0.15, 0.2) is 0 Å². The van der Waals surface area contributed by atoms with Crippen molar-refractivity contribution in [2.24, 2.45) is 5.73 Å². The molecule has 0 aromatic heterocycles. The van der Waals surface area contributed by atoms with Gasteiger partial charge in [-0.05, 0) is 23.3 Å². The number of hydrogen-bond acceptors (Lipinski definition) is 4. The molecule has 1 aliphatic heterocycles. The summed E-state index contributed by atoms with van der Waals surface area (Å²) in [6.07, 6.45) is 0.500. The molecule has 22 heavy (non-hydrogen) atoms. The largest absolute Gasteiger partial charge is 0.495 e. The molecule has 0 bridgehead atoms. The Labute approximate surface area is 138 Å². The molecular weight excluding hydrogens is 345 g/mol. The molecule has 0 radical (unpaired) electrons. The predicted molar refractivity (Wildman–Crippen MR) is 90.3 cm³/mol. The predicted octanol–water partition coefficient (Wildman–Crippen LogP) is 1.79. The molecule has 2 aromatic carbocycles. The number of halogens is 1. The molecular formula is C16H17BBrNO3. The van der Waals surface area contributed by atoms with Gasteiger partial charge in [0, 0.05) is 22.9 Å². The molecule has 1 heterocycles. The van der Waals surface area contributed by atoms with E-state index in [4.69, 9.17) is 15.1 Å². The molecule has 0 aliphatic carbocycles. The van der Waals surface area contributed by atoms with Crippen LogP contribution in [0, 0.1) is 0 Å². The fourth-order valence-electron chi connectivity index (χ4n) is 2.69. The Bertz CT molecular complexity index is 653. The molecule has 0 spiro atoms. The third-order valence-corrected chi connectivity index (χ3v) is 4.45. The van der Waals surface area contributed by atoms with Gasteiger partial charge in [0.05, 0.1) is 12.7 Å². The van der Waals surface area contributed by atoms with Crippen LogP contribution in [0.3, 0.4) is 0 Å².